The number of rotatable bonds is 5. The number of esters is 1. The largest absolute Gasteiger partial charge is 0.459 e. The van der Waals surface area contributed by atoms with Gasteiger partial charge in [-0.15, -0.1) is 0 Å². The van der Waals surface area contributed by atoms with Gasteiger partial charge in [0.05, 0.1) is 10.3 Å². The number of pyridine rings is 1. The molecule has 0 spiro atoms. The van der Waals surface area contributed by atoms with Crippen molar-refractivity contribution in [3.63, 3.8) is 0 Å². The Labute approximate surface area is 137 Å². The number of aromatic nitrogens is 1. The number of ether oxygens (including phenoxy) is 1. The van der Waals surface area contributed by atoms with Gasteiger partial charge in [0.2, 0.25) is 0 Å². The van der Waals surface area contributed by atoms with Crippen LogP contribution in [0, 0.1) is 0 Å². The molecule has 2 rings (SSSR count). The van der Waals surface area contributed by atoms with Gasteiger partial charge in [0.25, 0.3) is 5.91 Å². The molecule has 1 aliphatic heterocycles. The normalized spacial score (nSPS) is 14.5. The summed E-state index contributed by atoms with van der Waals surface area (Å²) in [4.78, 5) is 28.8. The van der Waals surface area contributed by atoms with E-state index >= 15 is 0 Å². The van der Waals surface area contributed by atoms with E-state index in [0.717, 1.165) is 0 Å². The second-order valence-electron chi connectivity index (χ2n) is 4.46. The summed E-state index contributed by atoms with van der Waals surface area (Å²) < 4.78 is 5.91. The van der Waals surface area contributed by atoms with Gasteiger partial charge in [-0.1, -0.05) is 36.5 Å². The first-order valence-electron chi connectivity index (χ1n) is 6.77. The summed E-state index contributed by atoms with van der Waals surface area (Å²) >= 11 is 2.66. The van der Waals surface area contributed by atoms with Crippen LogP contribution in [0.3, 0.4) is 0 Å². The van der Waals surface area contributed by atoms with E-state index in [1.807, 2.05) is 17.7 Å². The summed E-state index contributed by atoms with van der Waals surface area (Å²) in [5, 5.41) is 6.28. The van der Waals surface area contributed by atoms with Crippen molar-refractivity contribution >= 4 is 41.2 Å². The minimum absolute atomic E-state index is 0.0194. The molecule has 0 aliphatic carbocycles. The fourth-order valence-corrected chi connectivity index (χ4v) is 3.37. The Hall–Kier alpha value is -1.73. The van der Waals surface area contributed by atoms with Crippen LogP contribution in [0.1, 0.15) is 20.3 Å². The van der Waals surface area contributed by atoms with Crippen LogP contribution in [0.5, 0.6) is 0 Å². The number of nitrogens with zero attached hydrogens (tertiary/aromatic N) is 1. The molecule has 1 unspecified atom stereocenters. The first-order chi connectivity index (χ1) is 10.6. The van der Waals surface area contributed by atoms with Crippen molar-refractivity contribution in [1.82, 2.24) is 4.98 Å². The van der Waals surface area contributed by atoms with Gasteiger partial charge >= 0.3 is 5.97 Å². The van der Waals surface area contributed by atoms with Crippen molar-refractivity contribution in [3.8, 4) is 0 Å². The van der Waals surface area contributed by atoms with Gasteiger partial charge in [-0.25, -0.2) is 9.78 Å². The highest BCUT2D eigenvalue weighted by Crippen LogP contribution is 2.40. The minimum atomic E-state index is -0.610. The molecule has 22 heavy (non-hydrogen) atoms. The summed E-state index contributed by atoms with van der Waals surface area (Å²) in [6, 6.07) is 5.17. The SMILES string of the molecule is CCC(C)OC(=O)C(C(=O)Nc1ccccn1)=C1SC=CS1. The molecular formula is C15H16N2O3S2. The van der Waals surface area contributed by atoms with E-state index in [1.54, 1.807) is 31.3 Å². The highest BCUT2D eigenvalue weighted by molar-refractivity contribution is 8.27. The van der Waals surface area contributed by atoms with Crippen LogP contribution < -0.4 is 5.32 Å². The molecule has 0 fully saturated rings. The molecule has 1 aromatic heterocycles. The number of carbonyl (C=O) groups is 2. The standard InChI is InChI=1S/C15H16N2O3S2/c1-3-10(2)20-14(19)12(15-21-8-9-22-15)13(18)17-11-6-4-5-7-16-11/h4-10H,3H2,1-2H3,(H,16,17,18). The van der Waals surface area contributed by atoms with Crippen LogP contribution in [0.4, 0.5) is 5.82 Å². The van der Waals surface area contributed by atoms with E-state index in [-0.39, 0.29) is 11.7 Å². The third-order valence-corrected chi connectivity index (χ3v) is 4.96. The highest BCUT2D eigenvalue weighted by atomic mass is 32.2. The van der Waals surface area contributed by atoms with E-state index in [9.17, 15) is 9.59 Å². The fourth-order valence-electron chi connectivity index (χ4n) is 1.53. The molecule has 0 radical (unpaired) electrons. The smallest absolute Gasteiger partial charge is 0.345 e. The van der Waals surface area contributed by atoms with Gasteiger partial charge in [0.15, 0.2) is 0 Å². The van der Waals surface area contributed by atoms with Crippen LogP contribution in [0.2, 0.25) is 0 Å². The number of hydrogen-bond acceptors (Lipinski definition) is 6. The average Bonchev–Trinajstić information content (AvgIpc) is 3.02. The molecule has 0 saturated heterocycles. The van der Waals surface area contributed by atoms with Crippen LogP contribution in [-0.2, 0) is 14.3 Å². The van der Waals surface area contributed by atoms with E-state index < -0.39 is 11.9 Å². The third kappa shape index (κ3) is 4.38. The summed E-state index contributed by atoms with van der Waals surface area (Å²) in [5.41, 5.74) is 0.0194. The lowest BCUT2D eigenvalue weighted by molar-refractivity contribution is -0.144. The van der Waals surface area contributed by atoms with E-state index in [1.165, 1.54) is 23.5 Å². The van der Waals surface area contributed by atoms with Gasteiger partial charge in [-0.05, 0) is 36.3 Å². The Bertz CT molecular complexity index is 604. The van der Waals surface area contributed by atoms with E-state index in [2.05, 4.69) is 10.3 Å². The lowest BCUT2D eigenvalue weighted by atomic mass is 10.2. The zero-order valence-corrected chi connectivity index (χ0v) is 13.9. The average molecular weight is 336 g/mol. The quantitative estimate of drug-likeness (QED) is 0.384. The highest BCUT2D eigenvalue weighted by Gasteiger charge is 2.27. The first-order valence-corrected chi connectivity index (χ1v) is 8.53. The molecule has 0 bridgehead atoms. The van der Waals surface area contributed by atoms with Gasteiger partial charge in [-0.2, -0.15) is 0 Å². The van der Waals surface area contributed by atoms with Crippen molar-refractivity contribution in [2.24, 2.45) is 0 Å². The second-order valence-corrected chi connectivity index (χ2v) is 6.55. The molecule has 1 amide bonds. The monoisotopic (exact) mass is 336 g/mol. The lowest BCUT2D eigenvalue weighted by Crippen LogP contribution is -2.25. The number of hydrogen-bond donors (Lipinski definition) is 1. The molecule has 0 aromatic carbocycles. The second kappa shape index (κ2) is 8.05. The Kier molecular flexibility index (Phi) is 6.09. The third-order valence-electron chi connectivity index (χ3n) is 2.83. The van der Waals surface area contributed by atoms with E-state index in [0.29, 0.717) is 16.5 Å². The van der Waals surface area contributed by atoms with Gasteiger partial charge < -0.3 is 10.1 Å². The zero-order valence-electron chi connectivity index (χ0n) is 12.2. The summed E-state index contributed by atoms with van der Waals surface area (Å²) in [6.45, 7) is 3.71. The van der Waals surface area contributed by atoms with Crippen LogP contribution >= 0.6 is 23.5 Å². The molecule has 2 heterocycles. The molecule has 1 atom stereocenters. The van der Waals surface area contributed by atoms with Gasteiger partial charge in [-0.3, -0.25) is 4.79 Å². The summed E-state index contributed by atoms with van der Waals surface area (Å²) in [6.07, 6.45) is 2.02. The summed E-state index contributed by atoms with van der Waals surface area (Å²) in [5.74, 6) is -0.727. The summed E-state index contributed by atoms with van der Waals surface area (Å²) in [7, 11) is 0. The Morgan fingerprint density at radius 2 is 2.05 bits per heavy atom. The molecule has 1 aliphatic rings. The number of amides is 1. The van der Waals surface area contributed by atoms with Crippen molar-refractivity contribution in [2.45, 2.75) is 26.4 Å². The number of anilines is 1. The maximum absolute atomic E-state index is 12.4. The topological polar surface area (TPSA) is 68.3 Å². The molecule has 5 nitrogen and oxygen atoms in total. The Morgan fingerprint density at radius 3 is 2.64 bits per heavy atom. The lowest BCUT2D eigenvalue weighted by Gasteiger charge is -2.14. The predicted octanol–water partition coefficient (Wildman–Crippen LogP) is 3.52. The molecule has 0 saturated carbocycles. The maximum Gasteiger partial charge on any atom is 0.345 e. The van der Waals surface area contributed by atoms with Crippen molar-refractivity contribution in [1.29, 1.82) is 0 Å². The fraction of sp³-hybridized carbons (Fsp3) is 0.267. The van der Waals surface area contributed by atoms with E-state index in [4.69, 9.17) is 4.74 Å². The van der Waals surface area contributed by atoms with Crippen molar-refractivity contribution in [2.75, 3.05) is 5.32 Å². The number of carbonyl (C=O) groups excluding carboxylic acids is 2. The Balaban J connectivity index is 2.20. The van der Waals surface area contributed by atoms with Gasteiger partial charge in [0, 0.05) is 6.20 Å². The van der Waals surface area contributed by atoms with Crippen LogP contribution in [0.25, 0.3) is 0 Å². The molecule has 7 heteroatoms. The number of nitrogens with one attached hydrogen (secondary N) is 1. The minimum Gasteiger partial charge on any atom is -0.459 e. The van der Waals surface area contributed by atoms with Gasteiger partial charge in [0.1, 0.15) is 11.4 Å². The number of thioether (sulfide) groups is 2. The first kappa shape index (κ1) is 16.6. The van der Waals surface area contributed by atoms with Crippen molar-refractivity contribution < 1.29 is 14.3 Å². The van der Waals surface area contributed by atoms with Crippen molar-refractivity contribution in [3.05, 3.63) is 45.0 Å². The van der Waals surface area contributed by atoms with Crippen LogP contribution in [-0.4, -0.2) is 23.0 Å². The van der Waals surface area contributed by atoms with Crippen LogP contribution in [0.15, 0.2) is 45.0 Å². The molecule has 1 N–H and O–H groups in total. The molecule has 116 valence electrons. The predicted molar refractivity (Wildman–Crippen MR) is 90.1 cm³/mol. The maximum atomic E-state index is 12.4. The zero-order chi connectivity index (χ0) is 15.9. The molecular weight excluding hydrogens is 320 g/mol. The Morgan fingerprint density at radius 1 is 1.32 bits per heavy atom. The molecule has 1 aromatic rings.